The molecule has 2 rings (SSSR count). The van der Waals surface area contributed by atoms with Gasteiger partial charge in [0.15, 0.2) is 0 Å². The minimum absolute atomic E-state index is 0.0574. The summed E-state index contributed by atoms with van der Waals surface area (Å²) in [5, 5.41) is 13.1. The van der Waals surface area contributed by atoms with E-state index in [1.54, 1.807) is 0 Å². The fourth-order valence-electron chi connectivity index (χ4n) is 2.41. The van der Waals surface area contributed by atoms with Crippen molar-refractivity contribution in [1.82, 2.24) is 14.9 Å². The van der Waals surface area contributed by atoms with Crippen molar-refractivity contribution in [2.24, 2.45) is 11.0 Å². The highest BCUT2D eigenvalue weighted by Crippen LogP contribution is 2.22. The van der Waals surface area contributed by atoms with Crippen LogP contribution in [0.15, 0.2) is 15.1 Å². The molecule has 1 aliphatic rings. The van der Waals surface area contributed by atoms with Crippen molar-refractivity contribution in [3.05, 3.63) is 16.0 Å². The van der Waals surface area contributed by atoms with Crippen LogP contribution in [0, 0.1) is 5.92 Å². The van der Waals surface area contributed by atoms with Crippen molar-refractivity contribution in [1.29, 1.82) is 0 Å². The average Bonchev–Trinajstić information content (AvgIpc) is 2.46. The third-order valence-corrected chi connectivity index (χ3v) is 4.23. The Kier molecular flexibility index (Phi) is 5.34. The lowest BCUT2D eigenvalue weighted by molar-refractivity contribution is 0.442. The molecule has 0 saturated heterocycles. The first-order valence-corrected chi connectivity index (χ1v) is 8.44. The zero-order chi connectivity index (χ0) is 14.5. The summed E-state index contributed by atoms with van der Waals surface area (Å²) in [6.45, 7) is 3.89. The summed E-state index contributed by atoms with van der Waals surface area (Å²) in [6, 6.07) is 0. The number of nitrogens with zero attached hydrogens (tertiary/aromatic N) is 4. The third kappa shape index (κ3) is 3.48. The molecular formula is C14H22N4OS. The van der Waals surface area contributed by atoms with E-state index >= 15 is 0 Å². The van der Waals surface area contributed by atoms with E-state index in [1.807, 2.05) is 26.3 Å². The predicted octanol–water partition coefficient (Wildman–Crippen LogP) is 2.90. The fraction of sp³-hybridized carbons (Fsp3) is 0.714. The van der Waals surface area contributed by atoms with Gasteiger partial charge in [0.05, 0.1) is 0 Å². The second kappa shape index (κ2) is 7.02. The maximum absolute atomic E-state index is 12.4. The Balaban J connectivity index is 2.30. The van der Waals surface area contributed by atoms with Gasteiger partial charge in [0.2, 0.25) is 5.16 Å². The van der Waals surface area contributed by atoms with Gasteiger partial charge in [-0.25, -0.2) is 0 Å². The number of hydrogen-bond acceptors (Lipinski definition) is 5. The summed E-state index contributed by atoms with van der Waals surface area (Å²) < 4.78 is 1.40. The van der Waals surface area contributed by atoms with Gasteiger partial charge in [0.1, 0.15) is 5.69 Å². The van der Waals surface area contributed by atoms with Gasteiger partial charge < -0.3 is 0 Å². The van der Waals surface area contributed by atoms with Crippen LogP contribution < -0.4 is 5.56 Å². The van der Waals surface area contributed by atoms with Gasteiger partial charge >= 0.3 is 0 Å². The van der Waals surface area contributed by atoms with E-state index in [1.165, 1.54) is 48.5 Å². The van der Waals surface area contributed by atoms with Crippen molar-refractivity contribution in [3.63, 3.8) is 0 Å². The Bertz CT molecular complexity index is 532. The van der Waals surface area contributed by atoms with Gasteiger partial charge in [-0.1, -0.05) is 44.9 Å². The highest BCUT2D eigenvalue weighted by molar-refractivity contribution is 7.98. The number of hydrogen-bond donors (Lipinski definition) is 0. The van der Waals surface area contributed by atoms with Crippen LogP contribution in [0.5, 0.6) is 0 Å². The van der Waals surface area contributed by atoms with Crippen LogP contribution in [0.1, 0.15) is 57.6 Å². The summed E-state index contributed by atoms with van der Waals surface area (Å²) >= 11 is 1.39. The largest absolute Gasteiger partial charge is 0.297 e. The molecule has 1 saturated carbocycles. The van der Waals surface area contributed by atoms with Crippen LogP contribution in [0.2, 0.25) is 0 Å². The molecule has 0 amide bonds. The minimum atomic E-state index is -0.147. The van der Waals surface area contributed by atoms with Crippen molar-refractivity contribution in [2.45, 2.75) is 57.0 Å². The topological polar surface area (TPSA) is 60.1 Å². The molecule has 1 aromatic rings. The first kappa shape index (κ1) is 15.2. The van der Waals surface area contributed by atoms with Crippen molar-refractivity contribution in [3.8, 4) is 0 Å². The Morgan fingerprint density at radius 2 is 2.00 bits per heavy atom. The maximum atomic E-state index is 12.4. The first-order chi connectivity index (χ1) is 9.63. The van der Waals surface area contributed by atoms with E-state index in [-0.39, 0.29) is 11.5 Å². The smallest absolute Gasteiger partial charge is 0.265 e. The first-order valence-electron chi connectivity index (χ1n) is 7.21. The summed E-state index contributed by atoms with van der Waals surface area (Å²) in [5.41, 5.74) is 0.329. The Morgan fingerprint density at radius 3 is 2.60 bits per heavy atom. The number of aromatic nitrogens is 3. The molecule has 0 atom stereocenters. The molecule has 110 valence electrons. The zero-order valence-corrected chi connectivity index (χ0v) is 13.2. The Hall–Kier alpha value is -1.17. The molecule has 1 fully saturated rings. The fourth-order valence-corrected chi connectivity index (χ4v) is 2.84. The van der Waals surface area contributed by atoms with Gasteiger partial charge in [0.25, 0.3) is 5.56 Å². The summed E-state index contributed by atoms with van der Waals surface area (Å²) in [7, 11) is 0. The number of thioether (sulfide) groups is 1. The minimum Gasteiger partial charge on any atom is -0.265 e. The molecule has 1 aromatic heterocycles. The Morgan fingerprint density at radius 1 is 1.30 bits per heavy atom. The molecule has 5 nitrogen and oxygen atoms in total. The van der Waals surface area contributed by atoms with Gasteiger partial charge in [-0.3, -0.25) is 4.79 Å². The predicted molar refractivity (Wildman–Crippen MR) is 82.6 cm³/mol. The van der Waals surface area contributed by atoms with E-state index in [9.17, 15) is 4.79 Å². The Labute approximate surface area is 123 Å². The summed E-state index contributed by atoms with van der Waals surface area (Å²) in [5.74, 6) is 0.544. The number of rotatable bonds is 4. The molecule has 6 heteroatoms. The third-order valence-electron chi connectivity index (χ3n) is 3.61. The van der Waals surface area contributed by atoms with Crippen molar-refractivity contribution in [2.75, 3.05) is 6.26 Å². The van der Waals surface area contributed by atoms with Gasteiger partial charge in [-0.2, -0.15) is 9.78 Å². The molecule has 0 bridgehead atoms. The molecule has 0 aliphatic heterocycles. The molecule has 1 aliphatic carbocycles. The molecular weight excluding hydrogens is 272 g/mol. The molecule has 0 aromatic carbocycles. The van der Waals surface area contributed by atoms with Gasteiger partial charge in [-0.15, -0.1) is 10.2 Å². The molecule has 0 spiro atoms. The van der Waals surface area contributed by atoms with Crippen molar-refractivity contribution < 1.29 is 0 Å². The van der Waals surface area contributed by atoms with E-state index < -0.39 is 0 Å². The van der Waals surface area contributed by atoms with Crippen LogP contribution in [-0.4, -0.2) is 27.3 Å². The lowest BCUT2D eigenvalue weighted by Gasteiger charge is -2.17. The quantitative estimate of drug-likeness (QED) is 0.633. The van der Waals surface area contributed by atoms with Crippen molar-refractivity contribution >= 4 is 18.0 Å². The van der Waals surface area contributed by atoms with Crippen LogP contribution in [0.4, 0.5) is 0 Å². The van der Waals surface area contributed by atoms with Crippen LogP contribution in [0.25, 0.3) is 0 Å². The van der Waals surface area contributed by atoms with Crippen LogP contribution in [0.3, 0.4) is 0 Å². The highest BCUT2D eigenvalue weighted by Gasteiger charge is 2.15. The average molecular weight is 294 g/mol. The molecule has 1 heterocycles. The van der Waals surface area contributed by atoms with Gasteiger partial charge in [-0.05, 0) is 25.0 Å². The monoisotopic (exact) mass is 294 g/mol. The summed E-state index contributed by atoms with van der Waals surface area (Å²) in [4.78, 5) is 12.4. The summed E-state index contributed by atoms with van der Waals surface area (Å²) in [6.07, 6.45) is 9.97. The zero-order valence-electron chi connectivity index (χ0n) is 12.4. The highest BCUT2D eigenvalue weighted by atomic mass is 32.2. The molecule has 20 heavy (non-hydrogen) atoms. The van der Waals surface area contributed by atoms with Crippen LogP contribution >= 0.6 is 11.8 Å². The van der Waals surface area contributed by atoms with E-state index in [0.29, 0.717) is 16.8 Å². The van der Waals surface area contributed by atoms with Crippen LogP contribution in [-0.2, 0) is 0 Å². The van der Waals surface area contributed by atoms with E-state index in [0.717, 1.165) is 0 Å². The van der Waals surface area contributed by atoms with Gasteiger partial charge in [0, 0.05) is 12.1 Å². The second-order valence-electron chi connectivity index (χ2n) is 5.51. The second-order valence-corrected chi connectivity index (χ2v) is 6.28. The van der Waals surface area contributed by atoms with E-state index in [2.05, 4.69) is 15.3 Å². The lowest BCUT2D eigenvalue weighted by atomic mass is 9.90. The molecule has 0 radical (unpaired) electrons. The normalized spacial score (nSPS) is 17.2. The van der Waals surface area contributed by atoms with E-state index in [4.69, 9.17) is 0 Å². The SMILES string of the molecule is CSc1nnc(C(C)C)c(=O)n1N=CC1CCCCC1. The molecule has 0 unspecified atom stereocenters. The maximum Gasteiger partial charge on any atom is 0.297 e. The molecule has 0 N–H and O–H groups in total. The lowest BCUT2D eigenvalue weighted by Crippen LogP contribution is -2.26. The standard InChI is InChI=1S/C14H22N4OS/c1-10(2)12-13(19)18(14(20-3)17-16-12)15-9-11-7-5-4-6-8-11/h9-11H,4-8H2,1-3H3.